The normalized spacial score (nSPS) is 15.7. The van der Waals surface area contributed by atoms with Gasteiger partial charge in [0.15, 0.2) is 11.6 Å². The lowest BCUT2D eigenvalue weighted by Gasteiger charge is -2.21. The summed E-state index contributed by atoms with van der Waals surface area (Å²) in [7, 11) is 0. The number of hydrogen-bond donors (Lipinski definition) is 1. The van der Waals surface area contributed by atoms with Crippen molar-refractivity contribution in [3.63, 3.8) is 0 Å². The number of benzene rings is 1. The van der Waals surface area contributed by atoms with E-state index in [0.717, 1.165) is 25.3 Å². The van der Waals surface area contributed by atoms with Crippen molar-refractivity contribution in [1.29, 1.82) is 0 Å². The number of carbonyl (C=O) groups is 1. The summed E-state index contributed by atoms with van der Waals surface area (Å²) < 4.78 is 32.2. The van der Waals surface area contributed by atoms with Crippen molar-refractivity contribution >= 4 is 5.91 Å². The van der Waals surface area contributed by atoms with Crippen molar-refractivity contribution in [2.24, 2.45) is 0 Å². The number of hydrogen-bond acceptors (Lipinski definition) is 2. The van der Waals surface area contributed by atoms with Gasteiger partial charge < -0.3 is 10.1 Å². The maximum Gasteiger partial charge on any atom is 0.224 e. The molecule has 1 saturated carbocycles. The summed E-state index contributed by atoms with van der Waals surface area (Å²) in [5, 5.41) is 2.71. The molecule has 1 N–H and O–H groups in total. The van der Waals surface area contributed by atoms with Crippen molar-refractivity contribution < 1.29 is 18.3 Å². The molecular weight excluding hydrogens is 288 g/mol. The van der Waals surface area contributed by atoms with E-state index in [4.69, 9.17) is 4.74 Å². The van der Waals surface area contributed by atoms with Crippen LogP contribution in [0.15, 0.2) is 18.2 Å². The quantitative estimate of drug-likeness (QED) is 0.784. The standard InChI is InChI=1S/C17H23F2NO2/c18-15-9-4-6-13(17(15)19)12-16(21)20-10-5-11-22-14-7-2-1-3-8-14/h4,6,9,14H,1-3,5,7-8,10-12H2,(H,20,21). The van der Waals surface area contributed by atoms with E-state index in [1.807, 2.05) is 0 Å². The fourth-order valence-corrected chi connectivity index (χ4v) is 2.70. The van der Waals surface area contributed by atoms with Crippen molar-refractivity contribution in [2.45, 2.75) is 51.0 Å². The van der Waals surface area contributed by atoms with Crippen LogP contribution in [-0.2, 0) is 16.0 Å². The first-order valence-electron chi connectivity index (χ1n) is 7.98. The van der Waals surface area contributed by atoms with Gasteiger partial charge in [-0.2, -0.15) is 0 Å². The Morgan fingerprint density at radius 2 is 2.00 bits per heavy atom. The Bertz CT molecular complexity index is 488. The molecule has 0 unspecified atom stereocenters. The van der Waals surface area contributed by atoms with E-state index in [1.165, 1.54) is 31.4 Å². The summed E-state index contributed by atoms with van der Waals surface area (Å²) in [6, 6.07) is 3.86. The lowest BCUT2D eigenvalue weighted by molar-refractivity contribution is -0.120. The smallest absolute Gasteiger partial charge is 0.224 e. The molecule has 0 aliphatic heterocycles. The highest BCUT2D eigenvalue weighted by Crippen LogP contribution is 2.20. The van der Waals surface area contributed by atoms with Crippen LogP contribution in [0.2, 0.25) is 0 Å². The third-order valence-electron chi connectivity index (χ3n) is 3.93. The zero-order valence-corrected chi connectivity index (χ0v) is 12.7. The molecule has 1 aromatic rings. The molecule has 0 saturated heterocycles. The molecular formula is C17H23F2NO2. The SMILES string of the molecule is O=C(Cc1cccc(F)c1F)NCCCOC1CCCCC1. The second-order valence-corrected chi connectivity index (χ2v) is 5.72. The molecule has 0 spiro atoms. The molecule has 0 radical (unpaired) electrons. The number of ether oxygens (including phenoxy) is 1. The van der Waals surface area contributed by atoms with Gasteiger partial charge in [-0.25, -0.2) is 8.78 Å². The lowest BCUT2D eigenvalue weighted by Crippen LogP contribution is -2.28. The Kier molecular flexibility index (Phi) is 6.77. The van der Waals surface area contributed by atoms with Gasteiger partial charge >= 0.3 is 0 Å². The number of carbonyl (C=O) groups excluding carboxylic acids is 1. The van der Waals surface area contributed by atoms with Crippen molar-refractivity contribution in [2.75, 3.05) is 13.2 Å². The van der Waals surface area contributed by atoms with Gasteiger partial charge in [-0.3, -0.25) is 4.79 Å². The first-order valence-corrected chi connectivity index (χ1v) is 7.98. The first-order chi connectivity index (χ1) is 10.7. The van der Waals surface area contributed by atoms with Crippen LogP contribution in [0, 0.1) is 11.6 Å². The molecule has 1 aromatic carbocycles. The summed E-state index contributed by atoms with van der Waals surface area (Å²) >= 11 is 0. The molecule has 1 aliphatic carbocycles. The average molecular weight is 311 g/mol. The first kappa shape index (κ1) is 16.9. The zero-order valence-electron chi connectivity index (χ0n) is 12.7. The zero-order chi connectivity index (χ0) is 15.8. The Balaban J connectivity index is 1.60. The topological polar surface area (TPSA) is 38.3 Å². The van der Waals surface area contributed by atoms with Crippen LogP contribution in [-0.4, -0.2) is 25.2 Å². The van der Waals surface area contributed by atoms with Crippen LogP contribution in [0.4, 0.5) is 8.78 Å². The van der Waals surface area contributed by atoms with E-state index in [2.05, 4.69) is 5.32 Å². The summed E-state index contributed by atoms with van der Waals surface area (Å²) in [5.74, 6) is -2.17. The lowest BCUT2D eigenvalue weighted by atomic mass is 9.98. The van der Waals surface area contributed by atoms with Gasteiger partial charge in [-0.05, 0) is 25.3 Å². The Labute approximate surface area is 130 Å². The average Bonchev–Trinajstić information content (AvgIpc) is 2.52. The molecule has 0 heterocycles. The van der Waals surface area contributed by atoms with Crippen LogP contribution in [0.3, 0.4) is 0 Å². The van der Waals surface area contributed by atoms with E-state index in [1.54, 1.807) is 0 Å². The van der Waals surface area contributed by atoms with Crippen LogP contribution in [0.5, 0.6) is 0 Å². The molecule has 22 heavy (non-hydrogen) atoms. The summed E-state index contributed by atoms with van der Waals surface area (Å²) in [5.41, 5.74) is 0.0796. The largest absolute Gasteiger partial charge is 0.378 e. The maximum absolute atomic E-state index is 13.4. The minimum Gasteiger partial charge on any atom is -0.378 e. The van der Waals surface area contributed by atoms with E-state index in [0.29, 0.717) is 19.3 Å². The van der Waals surface area contributed by atoms with Crippen molar-refractivity contribution in [3.05, 3.63) is 35.4 Å². The Hall–Kier alpha value is -1.49. The van der Waals surface area contributed by atoms with Crippen LogP contribution < -0.4 is 5.32 Å². The van der Waals surface area contributed by atoms with Gasteiger partial charge in [0, 0.05) is 18.7 Å². The molecule has 2 rings (SSSR count). The van der Waals surface area contributed by atoms with E-state index < -0.39 is 11.6 Å². The van der Waals surface area contributed by atoms with Crippen molar-refractivity contribution in [3.8, 4) is 0 Å². The number of rotatable bonds is 7. The molecule has 1 aliphatic rings. The fraction of sp³-hybridized carbons (Fsp3) is 0.588. The van der Waals surface area contributed by atoms with Gasteiger partial charge in [-0.15, -0.1) is 0 Å². The summed E-state index contributed by atoms with van der Waals surface area (Å²) in [6.07, 6.45) is 6.98. The van der Waals surface area contributed by atoms with Crippen LogP contribution >= 0.6 is 0 Å². The van der Waals surface area contributed by atoms with Crippen LogP contribution in [0.25, 0.3) is 0 Å². The highest BCUT2D eigenvalue weighted by Gasteiger charge is 2.13. The summed E-state index contributed by atoms with van der Waals surface area (Å²) in [4.78, 5) is 11.7. The third-order valence-corrected chi connectivity index (χ3v) is 3.93. The van der Waals surface area contributed by atoms with E-state index in [-0.39, 0.29) is 17.9 Å². The minimum atomic E-state index is -0.946. The molecule has 3 nitrogen and oxygen atoms in total. The number of nitrogens with one attached hydrogen (secondary N) is 1. The molecule has 0 aromatic heterocycles. The minimum absolute atomic E-state index is 0.0796. The fourth-order valence-electron chi connectivity index (χ4n) is 2.70. The summed E-state index contributed by atoms with van der Waals surface area (Å²) in [6.45, 7) is 1.11. The monoisotopic (exact) mass is 311 g/mol. The molecule has 122 valence electrons. The predicted octanol–water partition coefficient (Wildman–Crippen LogP) is 3.36. The highest BCUT2D eigenvalue weighted by atomic mass is 19.2. The van der Waals surface area contributed by atoms with Gasteiger partial charge in [-0.1, -0.05) is 31.4 Å². The maximum atomic E-state index is 13.4. The van der Waals surface area contributed by atoms with Gasteiger partial charge in [0.1, 0.15) is 0 Å². The van der Waals surface area contributed by atoms with Gasteiger partial charge in [0.2, 0.25) is 5.91 Å². The second-order valence-electron chi connectivity index (χ2n) is 5.72. The molecule has 0 atom stereocenters. The van der Waals surface area contributed by atoms with E-state index in [9.17, 15) is 13.6 Å². The molecule has 0 bridgehead atoms. The van der Waals surface area contributed by atoms with Crippen LogP contribution in [0.1, 0.15) is 44.1 Å². The Morgan fingerprint density at radius 1 is 1.23 bits per heavy atom. The molecule has 1 fully saturated rings. The Morgan fingerprint density at radius 3 is 2.77 bits per heavy atom. The van der Waals surface area contributed by atoms with Gasteiger partial charge in [0.25, 0.3) is 0 Å². The van der Waals surface area contributed by atoms with Crippen molar-refractivity contribution in [1.82, 2.24) is 5.32 Å². The number of halogens is 2. The molecule has 1 amide bonds. The third kappa shape index (κ3) is 5.37. The number of amides is 1. The van der Waals surface area contributed by atoms with E-state index >= 15 is 0 Å². The predicted molar refractivity (Wildman–Crippen MR) is 80.5 cm³/mol. The molecule has 5 heteroatoms. The highest BCUT2D eigenvalue weighted by molar-refractivity contribution is 5.78. The van der Waals surface area contributed by atoms with Gasteiger partial charge in [0.05, 0.1) is 12.5 Å². The second kappa shape index (κ2) is 8.83.